The molecule has 21 heavy (non-hydrogen) atoms. The second-order valence-electron chi connectivity index (χ2n) is 5.74. The van der Waals surface area contributed by atoms with E-state index < -0.39 is 0 Å². The van der Waals surface area contributed by atoms with Gasteiger partial charge >= 0.3 is 0 Å². The van der Waals surface area contributed by atoms with Gasteiger partial charge in [0.05, 0.1) is 5.54 Å². The largest absolute Gasteiger partial charge is 0.872 e. The molecular weight excluding hydrogens is 286 g/mol. The Morgan fingerprint density at radius 1 is 1.10 bits per heavy atom. The summed E-state index contributed by atoms with van der Waals surface area (Å²) in [4.78, 5) is 4.47. The Balaban J connectivity index is 2.03. The molecule has 0 aromatic heterocycles. The lowest BCUT2D eigenvalue weighted by Crippen LogP contribution is -2.17. The number of benzene rings is 2. The first kappa shape index (κ1) is 14.0. The van der Waals surface area contributed by atoms with Crippen molar-refractivity contribution in [2.24, 2.45) is 4.99 Å². The number of aliphatic imine (C=N–C) groups is 1. The molecule has 1 heterocycles. The number of hydrogen-bond donors (Lipinski definition) is 0. The van der Waals surface area contributed by atoms with Crippen LogP contribution in [0.3, 0.4) is 0 Å². The predicted octanol–water partition coefficient (Wildman–Crippen LogP) is 3.64. The predicted molar refractivity (Wildman–Crippen MR) is 82.9 cm³/mol. The molecule has 3 nitrogen and oxygen atoms in total. The second kappa shape index (κ2) is 5.08. The summed E-state index contributed by atoms with van der Waals surface area (Å²) in [7, 11) is 0. The molecule has 0 atom stereocenters. The zero-order valence-corrected chi connectivity index (χ0v) is 12.6. The van der Waals surface area contributed by atoms with Crippen LogP contribution < -0.4 is 5.11 Å². The number of ether oxygens (including phenoxy) is 1. The van der Waals surface area contributed by atoms with E-state index in [0.29, 0.717) is 23.1 Å². The van der Waals surface area contributed by atoms with E-state index in [-0.39, 0.29) is 11.3 Å². The average Bonchev–Trinajstić information content (AvgIpc) is 2.80. The van der Waals surface area contributed by atoms with Crippen LogP contribution >= 0.6 is 11.6 Å². The third kappa shape index (κ3) is 2.88. The molecule has 0 amide bonds. The Morgan fingerprint density at radius 2 is 1.76 bits per heavy atom. The van der Waals surface area contributed by atoms with Gasteiger partial charge in [-0.05, 0) is 43.2 Å². The van der Waals surface area contributed by atoms with Gasteiger partial charge in [0, 0.05) is 10.6 Å². The zero-order valence-electron chi connectivity index (χ0n) is 11.9. The SMILES string of the molecule is CC1(C)COC(c2cc(-c3ccc(Cl)cc3)ccc2[O-])=N1. The Labute approximate surface area is 128 Å². The summed E-state index contributed by atoms with van der Waals surface area (Å²) in [5, 5.41) is 12.8. The maximum absolute atomic E-state index is 12.1. The molecule has 0 unspecified atom stereocenters. The molecule has 0 aliphatic carbocycles. The molecule has 4 heteroatoms. The van der Waals surface area contributed by atoms with E-state index in [1.54, 1.807) is 12.1 Å². The van der Waals surface area contributed by atoms with E-state index in [1.807, 2.05) is 44.2 Å². The van der Waals surface area contributed by atoms with Gasteiger partial charge in [-0.25, -0.2) is 4.99 Å². The van der Waals surface area contributed by atoms with E-state index >= 15 is 0 Å². The van der Waals surface area contributed by atoms with Crippen LogP contribution in [0.25, 0.3) is 11.1 Å². The summed E-state index contributed by atoms with van der Waals surface area (Å²) in [6.07, 6.45) is 0. The van der Waals surface area contributed by atoms with Crippen LogP contribution in [0, 0.1) is 0 Å². The van der Waals surface area contributed by atoms with Crippen LogP contribution in [0.2, 0.25) is 5.02 Å². The molecule has 3 rings (SSSR count). The number of nitrogens with zero attached hydrogens (tertiary/aromatic N) is 1. The third-order valence-corrected chi connectivity index (χ3v) is 3.61. The summed E-state index contributed by atoms with van der Waals surface area (Å²) in [5.41, 5.74) is 2.17. The number of hydrogen-bond acceptors (Lipinski definition) is 3. The maximum Gasteiger partial charge on any atom is 0.216 e. The minimum atomic E-state index is -0.280. The van der Waals surface area contributed by atoms with Gasteiger partial charge in [-0.15, -0.1) is 0 Å². The first-order valence-electron chi connectivity index (χ1n) is 6.75. The van der Waals surface area contributed by atoms with E-state index in [4.69, 9.17) is 16.3 Å². The average molecular weight is 301 g/mol. The summed E-state index contributed by atoms with van der Waals surface area (Å²) in [5.74, 6) is 0.352. The highest BCUT2D eigenvalue weighted by atomic mass is 35.5. The molecule has 108 valence electrons. The van der Waals surface area contributed by atoms with Gasteiger partial charge in [-0.1, -0.05) is 41.6 Å². The van der Waals surface area contributed by atoms with Crippen molar-refractivity contribution in [1.82, 2.24) is 0 Å². The van der Waals surface area contributed by atoms with Crippen molar-refractivity contribution >= 4 is 17.5 Å². The summed E-state index contributed by atoms with van der Waals surface area (Å²) in [6.45, 7) is 4.45. The maximum atomic E-state index is 12.1. The van der Waals surface area contributed by atoms with Crippen LogP contribution in [0.15, 0.2) is 47.5 Å². The molecule has 1 aliphatic rings. The molecular formula is C17H15ClNO2-. The summed E-state index contributed by atoms with van der Waals surface area (Å²) in [6, 6.07) is 12.7. The highest BCUT2D eigenvalue weighted by Crippen LogP contribution is 2.29. The van der Waals surface area contributed by atoms with Crippen LogP contribution in [0.4, 0.5) is 0 Å². The lowest BCUT2D eigenvalue weighted by atomic mass is 10.0. The van der Waals surface area contributed by atoms with Crippen molar-refractivity contribution in [3.05, 3.63) is 53.1 Å². The standard InChI is InChI=1S/C17H16ClNO2/c1-17(2)10-21-16(19-17)14-9-12(5-8-15(14)20)11-3-6-13(18)7-4-11/h3-9,20H,10H2,1-2H3/p-1. The topological polar surface area (TPSA) is 44.6 Å². The Kier molecular flexibility index (Phi) is 3.38. The van der Waals surface area contributed by atoms with Gasteiger partial charge in [-0.2, -0.15) is 0 Å². The molecule has 0 N–H and O–H groups in total. The molecule has 0 spiro atoms. The van der Waals surface area contributed by atoms with Crippen molar-refractivity contribution < 1.29 is 9.84 Å². The third-order valence-electron chi connectivity index (χ3n) is 3.35. The fourth-order valence-electron chi connectivity index (χ4n) is 2.24. The minimum absolute atomic E-state index is 0.0795. The quantitative estimate of drug-likeness (QED) is 0.850. The van der Waals surface area contributed by atoms with Gasteiger partial charge in [0.25, 0.3) is 0 Å². The molecule has 2 aromatic rings. The highest BCUT2D eigenvalue weighted by molar-refractivity contribution is 6.30. The zero-order chi connectivity index (χ0) is 15.0. The normalized spacial score (nSPS) is 16.4. The fraction of sp³-hybridized carbons (Fsp3) is 0.235. The van der Waals surface area contributed by atoms with Gasteiger partial charge < -0.3 is 9.84 Å². The minimum Gasteiger partial charge on any atom is -0.872 e. The van der Waals surface area contributed by atoms with Crippen LogP contribution in [0.5, 0.6) is 5.75 Å². The van der Waals surface area contributed by atoms with Gasteiger partial charge in [0.15, 0.2) is 0 Å². The van der Waals surface area contributed by atoms with Crippen LogP contribution in [0.1, 0.15) is 19.4 Å². The Morgan fingerprint density at radius 3 is 2.38 bits per heavy atom. The van der Waals surface area contributed by atoms with Crippen molar-refractivity contribution in [2.75, 3.05) is 6.61 Å². The Bertz CT molecular complexity index is 705. The van der Waals surface area contributed by atoms with Gasteiger partial charge in [-0.3, -0.25) is 0 Å². The van der Waals surface area contributed by atoms with Crippen LogP contribution in [-0.4, -0.2) is 18.0 Å². The first-order valence-corrected chi connectivity index (χ1v) is 7.12. The smallest absolute Gasteiger partial charge is 0.216 e. The van der Waals surface area contributed by atoms with E-state index in [1.165, 1.54) is 0 Å². The first-order chi connectivity index (χ1) is 9.94. The highest BCUT2D eigenvalue weighted by Gasteiger charge is 2.27. The molecule has 0 radical (unpaired) electrons. The number of halogens is 1. The van der Waals surface area contributed by atoms with Crippen molar-refractivity contribution in [2.45, 2.75) is 19.4 Å². The lowest BCUT2D eigenvalue weighted by Gasteiger charge is -2.14. The summed E-state index contributed by atoms with van der Waals surface area (Å²) < 4.78 is 5.57. The molecule has 2 aromatic carbocycles. The van der Waals surface area contributed by atoms with Crippen molar-refractivity contribution in [1.29, 1.82) is 0 Å². The lowest BCUT2D eigenvalue weighted by molar-refractivity contribution is -0.268. The van der Waals surface area contributed by atoms with E-state index in [0.717, 1.165) is 11.1 Å². The van der Waals surface area contributed by atoms with Crippen molar-refractivity contribution in [3.63, 3.8) is 0 Å². The molecule has 0 bridgehead atoms. The van der Waals surface area contributed by atoms with Gasteiger partial charge in [0.2, 0.25) is 5.90 Å². The van der Waals surface area contributed by atoms with Crippen LogP contribution in [-0.2, 0) is 4.74 Å². The van der Waals surface area contributed by atoms with E-state index in [9.17, 15) is 5.11 Å². The Hall–Kier alpha value is -2.00. The van der Waals surface area contributed by atoms with Gasteiger partial charge in [0.1, 0.15) is 6.61 Å². The second-order valence-corrected chi connectivity index (χ2v) is 6.17. The molecule has 1 aliphatic heterocycles. The molecule has 0 fully saturated rings. The summed E-state index contributed by atoms with van der Waals surface area (Å²) >= 11 is 5.90. The molecule has 0 saturated heterocycles. The number of rotatable bonds is 2. The molecule has 0 saturated carbocycles. The fourth-order valence-corrected chi connectivity index (χ4v) is 2.37. The van der Waals surface area contributed by atoms with E-state index in [2.05, 4.69) is 4.99 Å². The van der Waals surface area contributed by atoms with Crippen molar-refractivity contribution in [3.8, 4) is 16.9 Å². The monoisotopic (exact) mass is 300 g/mol.